The van der Waals surface area contributed by atoms with Crippen LogP contribution in [0.4, 0.5) is 0 Å². The molecule has 0 aliphatic carbocycles. The Kier molecular flexibility index (Phi) is 4.02. The molecule has 0 heterocycles. The first-order chi connectivity index (χ1) is 9.65. The average molecular weight is 267 g/mol. The zero-order valence-corrected chi connectivity index (χ0v) is 10.9. The normalized spacial score (nSPS) is 9.65. The van der Waals surface area contributed by atoms with Gasteiger partial charge in [0.25, 0.3) is 5.91 Å². The van der Waals surface area contributed by atoms with Crippen LogP contribution in [0.25, 0.3) is 10.8 Å². The molecule has 4 heteroatoms. The molecule has 0 atom stereocenters. The molecule has 0 bridgehead atoms. The lowest BCUT2D eigenvalue weighted by Gasteiger charge is -2.08. The maximum atomic E-state index is 12.1. The van der Waals surface area contributed by atoms with Crippen LogP contribution in [0.3, 0.4) is 0 Å². The van der Waals surface area contributed by atoms with E-state index in [2.05, 4.69) is 17.2 Å². The molecule has 2 aromatic carbocycles. The van der Waals surface area contributed by atoms with Crippen LogP contribution < -0.4 is 5.32 Å². The van der Waals surface area contributed by atoms with Gasteiger partial charge >= 0.3 is 5.97 Å². The summed E-state index contributed by atoms with van der Waals surface area (Å²) in [6.07, 6.45) is 0. The maximum absolute atomic E-state index is 12.1. The molecule has 0 saturated heterocycles. The number of hydrogen-bond donors (Lipinski definition) is 2. The predicted octanol–water partition coefficient (Wildman–Crippen LogP) is 2.29. The summed E-state index contributed by atoms with van der Waals surface area (Å²) in [4.78, 5) is 23.4. The molecule has 0 fully saturated rings. The summed E-state index contributed by atoms with van der Waals surface area (Å²) in [7, 11) is 0. The fraction of sp³-hybridized carbons (Fsp3) is 0.125. The van der Waals surface area contributed by atoms with Crippen molar-refractivity contribution < 1.29 is 14.7 Å². The quantitative estimate of drug-likeness (QED) is 0.838. The van der Waals surface area contributed by atoms with Gasteiger partial charge in [0, 0.05) is 10.9 Å². The lowest BCUT2D eigenvalue weighted by molar-refractivity contribution is 0.0699. The Morgan fingerprint density at radius 1 is 1.15 bits per heavy atom. The van der Waals surface area contributed by atoms with Crippen LogP contribution in [0.1, 0.15) is 27.6 Å². The first-order valence-electron chi connectivity index (χ1n) is 6.08. The van der Waals surface area contributed by atoms with E-state index in [9.17, 15) is 14.7 Å². The first-order valence-corrected chi connectivity index (χ1v) is 6.08. The number of carbonyl (C=O) groups excluding carboxylic acids is 1. The molecule has 2 rings (SSSR count). The van der Waals surface area contributed by atoms with Crippen molar-refractivity contribution in [2.45, 2.75) is 6.92 Å². The zero-order chi connectivity index (χ0) is 14.5. The summed E-state index contributed by atoms with van der Waals surface area (Å²) in [6.45, 7) is 1.92. The summed E-state index contributed by atoms with van der Waals surface area (Å²) in [5, 5.41) is 13.1. The number of amides is 1. The molecule has 0 unspecified atom stereocenters. The highest BCUT2D eigenvalue weighted by atomic mass is 16.4. The number of rotatable bonds is 3. The number of nitrogens with one attached hydrogen (secondary N) is 1. The molecule has 20 heavy (non-hydrogen) atoms. The monoisotopic (exact) mass is 267 g/mol. The van der Waals surface area contributed by atoms with Gasteiger partial charge in [-0.2, -0.15) is 0 Å². The van der Waals surface area contributed by atoms with Crippen LogP contribution in [0.15, 0.2) is 36.4 Å². The Bertz CT molecular complexity index is 733. The summed E-state index contributed by atoms with van der Waals surface area (Å²) in [6, 6.07) is 10.1. The standard InChI is InChI=1S/C16H13NO3/c1-2-3-10-17-15(18)12-8-4-6-11-7-5-9-13(14(11)12)16(19)20/h4-9H,10H2,1H3,(H,17,18)(H,19,20). The molecule has 2 aromatic rings. The third-order valence-corrected chi connectivity index (χ3v) is 2.89. The van der Waals surface area contributed by atoms with Crippen LogP contribution >= 0.6 is 0 Å². The van der Waals surface area contributed by atoms with E-state index in [1.165, 1.54) is 6.07 Å². The van der Waals surface area contributed by atoms with Crippen molar-refractivity contribution in [1.29, 1.82) is 0 Å². The second-order valence-electron chi connectivity index (χ2n) is 4.12. The maximum Gasteiger partial charge on any atom is 0.336 e. The van der Waals surface area contributed by atoms with Gasteiger partial charge in [0.2, 0.25) is 0 Å². The van der Waals surface area contributed by atoms with Gasteiger partial charge in [0.1, 0.15) is 0 Å². The summed E-state index contributed by atoms with van der Waals surface area (Å²) < 4.78 is 0. The third kappa shape index (κ3) is 2.62. The summed E-state index contributed by atoms with van der Waals surface area (Å²) >= 11 is 0. The van der Waals surface area contributed by atoms with Gasteiger partial charge in [-0.15, -0.1) is 5.92 Å². The van der Waals surface area contributed by atoms with E-state index in [0.29, 0.717) is 10.9 Å². The van der Waals surface area contributed by atoms with E-state index >= 15 is 0 Å². The van der Waals surface area contributed by atoms with Crippen LogP contribution in [0.5, 0.6) is 0 Å². The molecule has 4 nitrogen and oxygen atoms in total. The Labute approximate surface area is 116 Å². The Morgan fingerprint density at radius 2 is 1.80 bits per heavy atom. The van der Waals surface area contributed by atoms with E-state index < -0.39 is 5.97 Å². The topological polar surface area (TPSA) is 66.4 Å². The molecule has 0 saturated carbocycles. The van der Waals surface area contributed by atoms with Crippen molar-refractivity contribution in [1.82, 2.24) is 5.32 Å². The smallest absolute Gasteiger partial charge is 0.336 e. The van der Waals surface area contributed by atoms with Crippen molar-refractivity contribution >= 4 is 22.6 Å². The molecule has 0 spiro atoms. The van der Waals surface area contributed by atoms with Crippen LogP contribution in [0, 0.1) is 11.8 Å². The number of carboxylic acids is 1. The van der Waals surface area contributed by atoms with E-state index in [0.717, 1.165) is 5.39 Å². The minimum Gasteiger partial charge on any atom is -0.478 e. The highest BCUT2D eigenvalue weighted by Crippen LogP contribution is 2.23. The third-order valence-electron chi connectivity index (χ3n) is 2.89. The first kappa shape index (κ1) is 13.6. The molecule has 0 aliphatic heterocycles. The molecular formula is C16H13NO3. The van der Waals surface area contributed by atoms with Gasteiger partial charge in [-0.1, -0.05) is 30.2 Å². The molecule has 0 aliphatic rings. The van der Waals surface area contributed by atoms with Gasteiger partial charge in [0.15, 0.2) is 0 Å². The average Bonchev–Trinajstić information content (AvgIpc) is 2.46. The van der Waals surface area contributed by atoms with E-state index in [-0.39, 0.29) is 18.0 Å². The van der Waals surface area contributed by atoms with E-state index in [4.69, 9.17) is 0 Å². The van der Waals surface area contributed by atoms with Crippen molar-refractivity contribution in [2.24, 2.45) is 0 Å². The molecule has 2 N–H and O–H groups in total. The van der Waals surface area contributed by atoms with Crippen molar-refractivity contribution in [3.05, 3.63) is 47.5 Å². The van der Waals surface area contributed by atoms with Gasteiger partial charge in [0.05, 0.1) is 12.1 Å². The Balaban J connectivity index is 2.54. The number of carboxylic acid groups (broad SMARTS) is 1. The Hall–Kier alpha value is -2.80. The molecular weight excluding hydrogens is 254 g/mol. The lowest BCUT2D eigenvalue weighted by Crippen LogP contribution is -2.24. The highest BCUT2D eigenvalue weighted by molar-refractivity contribution is 6.14. The number of carbonyl (C=O) groups is 2. The second-order valence-corrected chi connectivity index (χ2v) is 4.12. The van der Waals surface area contributed by atoms with E-state index in [1.807, 2.05) is 0 Å². The molecule has 100 valence electrons. The van der Waals surface area contributed by atoms with Crippen LogP contribution in [0.2, 0.25) is 0 Å². The number of benzene rings is 2. The predicted molar refractivity (Wildman–Crippen MR) is 76.7 cm³/mol. The van der Waals surface area contributed by atoms with Gasteiger partial charge in [-0.05, 0) is 24.4 Å². The van der Waals surface area contributed by atoms with Gasteiger partial charge < -0.3 is 10.4 Å². The van der Waals surface area contributed by atoms with Gasteiger partial charge in [-0.3, -0.25) is 4.79 Å². The fourth-order valence-corrected chi connectivity index (χ4v) is 2.02. The Morgan fingerprint density at radius 3 is 2.40 bits per heavy atom. The number of fused-ring (bicyclic) bond motifs is 1. The fourth-order valence-electron chi connectivity index (χ4n) is 2.02. The van der Waals surface area contributed by atoms with Crippen molar-refractivity contribution in [2.75, 3.05) is 6.54 Å². The minimum atomic E-state index is -1.05. The summed E-state index contributed by atoms with van der Waals surface area (Å²) in [5.41, 5.74) is 0.466. The SMILES string of the molecule is CC#CCNC(=O)c1cccc2cccc(C(=O)O)c12. The van der Waals surface area contributed by atoms with Gasteiger partial charge in [-0.25, -0.2) is 4.79 Å². The molecule has 1 amide bonds. The minimum absolute atomic E-state index is 0.120. The van der Waals surface area contributed by atoms with Crippen molar-refractivity contribution in [3.8, 4) is 11.8 Å². The van der Waals surface area contributed by atoms with Crippen molar-refractivity contribution in [3.63, 3.8) is 0 Å². The molecule has 0 radical (unpaired) electrons. The van der Waals surface area contributed by atoms with E-state index in [1.54, 1.807) is 37.3 Å². The number of hydrogen-bond acceptors (Lipinski definition) is 2. The zero-order valence-electron chi connectivity index (χ0n) is 10.9. The second kappa shape index (κ2) is 5.89. The highest BCUT2D eigenvalue weighted by Gasteiger charge is 2.15. The summed E-state index contributed by atoms with van der Waals surface area (Å²) in [5.74, 6) is 4.04. The largest absolute Gasteiger partial charge is 0.478 e. The lowest BCUT2D eigenvalue weighted by atomic mass is 9.98. The number of aromatic carboxylic acids is 1. The van der Waals surface area contributed by atoms with Crippen LogP contribution in [-0.4, -0.2) is 23.5 Å². The molecule has 0 aromatic heterocycles. The van der Waals surface area contributed by atoms with Crippen LogP contribution in [-0.2, 0) is 0 Å².